The molecular formula is C9H9FN2O. The molecule has 1 aromatic carbocycles. The van der Waals surface area contributed by atoms with E-state index in [1.807, 2.05) is 6.07 Å². The quantitative estimate of drug-likeness (QED) is 0.755. The van der Waals surface area contributed by atoms with Crippen molar-refractivity contribution in [1.82, 2.24) is 0 Å². The van der Waals surface area contributed by atoms with E-state index < -0.39 is 5.82 Å². The van der Waals surface area contributed by atoms with Gasteiger partial charge in [0.2, 0.25) is 0 Å². The van der Waals surface area contributed by atoms with Gasteiger partial charge >= 0.3 is 0 Å². The highest BCUT2D eigenvalue weighted by Crippen LogP contribution is 2.17. The predicted molar refractivity (Wildman–Crippen MR) is 45.7 cm³/mol. The highest BCUT2D eigenvalue weighted by Gasteiger charge is 2.03. The molecular weight excluding hydrogens is 171 g/mol. The van der Waals surface area contributed by atoms with Crippen LogP contribution in [-0.2, 0) is 0 Å². The van der Waals surface area contributed by atoms with Crippen LogP contribution in [0.1, 0.15) is 5.56 Å². The fourth-order valence-corrected chi connectivity index (χ4v) is 0.856. The first-order chi connectivity index (χ1) is 6.27. The van der Waals surface area contributed by atoms with E-state index in [4.69, 9.17) is 15.7 Å². The largest absolute Gasteiger partial charge is 0.489 e. The molecule has 0 radical (unpaired) electrons. The summed E-state index contributed by atoms with van der Waals surface area (Å²) in [7, 11) is 0. The van der Waals surface area contributed by atoms with E-state index in [0.717, 1.165) is 6.07 Å². The fourth-order valence-electron chi connectivity index (χ4n) is 0.856. The number of halogens is 1. The fraction of sp³-hybridized carbons (Fsp3) is 0.222. The van der Waals surface area contributed by atoms with Gasteiger partial charge in [-0.05, 0) is 18.2 Å². The second-order valence-corrected chi connectivity index (χ2v) is 2.39. The maximum absolute atomic E-state index is 13.0. The van der Waals surface area contributed by atoms with Gasteiger partial charge in [-0.25, -0.2) is 4.39 Å². The van der Waals surface area contributed by atoms with E-state index in [0.29, 0.717) is 6.54 Å². The number of hydrogen-bond acceptors (Lipinski definition) is 3. The molecule has 0 fully saturated rings. The first-order valence-electron chi connectivity index (χ1n) is 3.80. The maximum atomic E-state index is 13.0. The molecule has 0 aliphatic heterocycles. The molecule has 1 aromatic rings. The van der Waals surface area contributed by atoms with Crippen molar-refractivity contribution in [3.63, 3.8) is 0 Å². The SMILES string of the molecule is N#Cc1ccc(OCCN)c(F)c1. The predicted octanol–water partition coefficient (Wildman–Crippen LogP) is 1.03. The number of nitrogens with zero attached hydrogens (tertiary/aromatic N) is 1. The van der Waals surface area contributed by atoms with Crippen LogP contribution in [0.2, 0.25) is 0 Å². The lowest BCUT2D eigenvalue weighted by Gasteiger charge is -2.04. The van der Waals surface area contributed by atoms with Crippen LogP contribution in [0.4, 0.5) is 4.39 Å². The molecule has 3 nitrogen and oxygen atoms in total. The van der Waals surface area contributed by atoms with Gasteiger partial charge in [-0.3, -0.25) is 0 Å². The Bertz CT molecular complexity index is 333. The minimum absolute atomic E-state index is 0.129. The van der Waals surface area contributed by atoms with E-state index in [2.05, 4.69) is 0 Å². The van der Waals surface area contributed by atoms with Gasteiger partial charge < -0.3 is 10.5 Å². The molecule has 0 spiro atoms. The van der Waals surface area contributed by atoms with Crippen LogP contribution >= 0.6 is 0 Å². The van der Waals surface area contributed by atoms with Gasteiger partial charge in [0.05, 0.1) is 11.6 Å². The van der Waals surface area contributed by atoms with Crippen LogP contribution in [0, 0.1) is 17.1 Å². The summed E-state index contributed by atoms with van der Waals surface area (Å²) in [6.45, 7) is 0.599. The summed E-state index contributed by atoms with van der Waals surface area (Å²) in [6.07, 6.45) is 0. The van der Waals surface area contributed by atoms with Gasteiger partial charge in [-0.1, -0.05) is 0 Å². The van der Waals surface area contributed by atoms with Gasteiger partial charge in [-0.15, -0.1) is 0 Å². The molecule has 0 aliphatic carbocycles. The molecule has 0 unspecified atom stereocenters. The third-order valence-corrected chi connectivity index (χ3v) is 1.44. The molecule has 1 rings (SSSR count). The Morgan fingerprint density at radius 1 is 1.54 bits per heavy atom. The number of nitriles is 1. The van der Waals surface area contributed by atoms with Crippen LogP contribution in [0.5, 0.6) is 5.75 Å². The lowest BCUT2D eigenvalue weighted by atomic mass is 10.2. The monoisotopic (exact) mass is 180 g/mol. The summed E-state index contributed by atoms with van der Waals surface area (Å²) >= 11 is 0. The molecule has 4 heteroatoms. The van der Waals surface area contributed by atoms with Gasteiger partial charge in [0.1, 0.15) is 6.61 Å². The average molecular weight is 180 g/mol. The highest BCUT2D eigenvalue weighted by atomic mass is 19.1. The second-order valence-electron chi connectivity index (χ2n) is 2.39. The number of benzene rings is 1. The second kappa shape index (κ2) is 4.43. The Morgan fingerprint density at radius 2 is 2.31 bits per heavy atom. The van der Waals surface area contributed by atoms with E-state index in [1.165, 1.54) is 12.1 Å². The molecule has 0 heterocycles. The van der Waals surface area contributed by atoms with Gasteiger partial charge in [0, 0.05) is 6.54 Å². The summed E-state index contributed by atoms with van der Waals surface area (Å²) in [6, 6.07) is 5.88. The highest BCUT2D eigenvalue weighted by molar-refractivity contribution is 5.35. The lowest BCUT2D eigenvalue weighted by Crippen LogP contribution is -2.11. The molecule has 0 aromatic heterocycles. The summed E-state index contributed by atoms with van der Waals surface area (Å²) < 4.78 is 18.0. The van der Waals surface area contributed by atoms with Crippen molar-refractivity contribution in [3.8, 4) is 11.8 Å². The standard InChI is InChI=1S/C9H9FN2O/c10-8-5-7(6-12)1-2-9(8)13-4-3-11/h1-2,5H,3-4,11H2. The van der Waals surface area contributed by atoms with E-state index >= 15 is 0 Å². The summed E-state index contributed by atoms with van der Waals surface area (Å²) in [5.74, 6) is -0.406. The van der Waals surface area contributed by atoms with Crippen molar-refractivity contribution in [3.05, 3.63) is 29.6 Å². The van der Waals surface area contributed by atoms with Crippen molar-refractivity contribution in [2.24, 2.45) is 5.73 Å². The van der Waals surface area contributed by atoms with Crippen LogP contribution in [0.15, 0.2) is 18.2 Å². The Hall–Kier alpha value is -1.60. The molecule has 0 atom stereocenters. The van der Waals surface area contributed by atoms with Crippen LogP contribution in [0.25, 0.3) is 0 Å². The Labute approximate surface area is 75.5 Å². The Morgan fingerprint density at radius 3 is 2.85 bits per heavy atom. The van der Waals surface area contributed by atoms with E-state index in [1.54, 1.807) is 0 Å². The zero-order chi connectivity index (χ0) is 9.68. The minimum Gasteiger partial charge on any atom is -0.489 e. The minimum atomic E-state index is -0.535. The smallest absolute Gasteiger partial charge is 0.166 e. The zero-order valence-corrected chi connectivity index (χ0v) is 6.96. The third kappa shape index (κ3) is 2.42. The van der Waals surface area contributed by atoms with Crippen LogP contribution < -0.4 is 10.5 Å². The molecule has 0 bridgehead atoms. The van der Waals surface area contributed by atoms with Crippen molar-refractivity contribution >= 4 is 0 Å². The Balaban J connectivity index is 2.81. The first-order valence-corrected chi connectivity index (χ1v) is 3.80. The molecule has 68 valence electrons. The summed E-state index contributed by atoms with van der Waals surface area (Å²) in [5.41, 5.74) is 5.46. The van der Waals surface area contributed by atoms with Crippen molar-refractivity contribution in [2.45, 2.75) is 0 Å². The number of rotatable bonds is 3. The molecule has 2 N–H and O–H groups in total. The Kier molecular flexibility index (Phi) is 3.23. The van der Waals surface area contributed by atoms with E-state index in [9.17, 15) is 4.39 Å². The average Bonchev–Trinajstić information content (AvgIpc) is 2.16. The normalized spacial score (nSPS) is 9.31. The lowest BCUT2D eigenvalue weighted by molar-refractivity contribution is 0.311. The first kappa shape index (κ1) is 9.49. The van der Waals surface area contributed by atoms with Crippen molar-refractivity contribution < 1.29 is 9.13 Å². The van der Waals surface area contributed by atoms with Gasteiger partial charge in [0.15, 0.2) is 11.6 Å². The van der Waals surface area contributed by atoms with Crippen LogP contribution in [0.3, 0.4) is 0 Å². The summed E-state index contributed by atoms with van der Waals surface area (Å²) in [5, 5.41) is 8.45. The molecule has 0 aliphatic rings. The van der Waals surface area contributed by atoms with Crippen molar-refractivity contribution in [1.29, 1.82) is 5.26 Å². The van der Waals surface area contributed by atoms with Gasteiger partial charge in [-0.2, -0.15) is 5.26 Å². The van der Waals surface area contributed by atoms with Crippen LogP contribution in [-0.4, -0.2) is 13.2 Å². The zero-order valence-electron chi connectivity index (χ0n) is 6.96. The number of ether oxygens (including phenoxy) is 1. The third-order valence-electron chi connectivity index (χ3n) is 1.44. The summed E-state index contributed by atoms with van der Waals surface area (Å²) in [4.78, 5) is 0. The topological polar surface area (TPSA) is 59.0 Å². The van der Waals surface area contributed by atoms with Gasteiger partial charge in [0.25, 0.3) is 0 Å². The maximum Gasteiger partial charge on any atom is 0.166 e. The molecule has 0 saturated carbocycles. The number of hydrogen-bond donors (Lipinski definition) is 1. The molecule has 13 heavy (non-hydrogen) atoms. The van der Waals surface area contributed by atoms with E-state index in [-0.39, 0.29) is 17.9 Å². The number of nitrogens with two attached hydrogens (primary N) is 1. The molecule has 0 saturated heterocycles. The molecule has 0 amide bonds. The van der Waals surface area contributed by atoms with Crippen molar-refractivity contribution in [2.75, 3.05) is 13.2 Å².